The van der Waals surface area contributed by atoms with Gasteiger partial charge in [0.05, 0.1) is 6.04 Å². The van der Waals surface area contributed by atoms with Gasteiger partial charge in [0.25, 0.3) is 0 Å². The van der Waals surface area contributed by atoms with Crippen LogP contribution in [0.1, 0.15) is 24.1 Å². The molecule has 0 aromatic heterocycles. The van der Waals surface area contributed by atoms with Gasteiger partial charge >= 0.3 is 0 Å². The van der Waals surface area contributed by atoms with Crippen LogP contribution in [0.15, 0.2) is 24.3 Å². The first-order chi connectivity index (χ1) is 6.65. The van der Waals surface area contributed by atoms with Crippen LogP contribution >= 0.6 is 11.6 Å². The van der Waals surface area contributed by atoms with Crippen LogP contribution in [0.4, 0.5) is 0 Å². The highest BCUT2D eigenvalue weighted by Crippen LogP contribution is 2.18. The van der Waals surface area contributed by atoms with Crippen molar-refractivity contribution in [3.63, 3.8) is 0 Å². The van der Waals surface area contributed by atoms with Crippen LogP contribution in [0, 0.1) is 6.92 Å². The van der Waals surface area contributed by atoms with E-state index in [1.54, 1.807) is 0 Å². The predicted octanol–water partition coefficient (Wildman–Crippen LogP) is 2.41. The number of halogens is 1. The van der Waals surface area contributed by atoms with Crippen molar-refractivity contribution in [1.29, 1.82) is 0 Å². The van der Waals surface area contributed by atoms with Crippen LogP contribution in [0.5, 0.6) is 0 Å². The molecule has 0 saturated carbocycles. The van der Waals surface area contributed by atoms with Crippen molar-refractivity contribution in [3.05, 3.63) is 35.4 Å². The van der Waals surface area contributed by atoms with Crippen LogP contribution in [0.2, 0.25) is 0 Å². The Labute approximate surface area is 89.3 Å². The van der Waals surface area contributed by atoms with E-state index in [9.17, 15) is 4.79 Å². The first-order valence-electron chi connectivity index (χ1n) is 4.53. The predicted molar refractivity (Wildman–Crippen MR) is 58.5 cm³/mol. The number of hydrogen-bond donors (Lipinski definition) is 1. The van der Waals surface area contributed by atoms with Gasteiger partial charge in [-0.15, -0.1) is 11.6 Å². The number of carbonyl (C=O) groups is 1. The number of nitrogens with one attached hydrogen (secondary N) is 1. The Kier molecular flexibility index (Phi) is 3.96. The summed E-state index contributed by atoms with van der Waals surface area (Å²) in [5, 5.41) is 2.82. The van der Waals surface area contributed by atoms with E-state index in [0.29, 0.717) is 5.88 Å². The van der Waals surface area contributed by atoms with Gasteiger partial charge in [0, 0.05) is 12.8 Å². The molecule has 1 aromatic carbocycles. The van der Waals surface area contributed by atoms with E-state index in [1.165, 1.54) is 6.92 Å². The van der Waals surface area contributed by atoms with E-state index < -0.39 is 0 Å². The highest BCUT2D eigenvalue weighted by atomic mass is 35.5. The van der Waals surface area contributed by atoms with Crippen LogP contribution in [0.3, 0.4) is 0 Å². The molecular formula is C11H14ClNO. The maximum atomic E-state index is 10.9. The average Bonchev–Trinajstić information content (AvgIpc) is 2.15. The Morgan fingerprint density at radius 2 is 2.14 bits per heavy atom. The van der Waals surface area contributed by atoms with Crippen molar-refractivity contribution in [2.75, 3.05) is 5.88 Å². The molecule has 0 spiro atoms. The van der Waals surface area contributed by atoms with Gasteiger partial charge in [0.2, 0.25) is 5.91 Å². The van der Waals surface area contributed by atoms with Gasteiger partial charge in [-0.3, -0.25) is 4.79 Å². The van der Waals surface area contributed by atoms with E-state index in [4.69, 9.17) is 11.6 Å². The highest BCUT2D eigenvalue weighted by Gasteiger charge is 2.12. The molecular weight excluding hydrogens is 198 g/mol. The molecule has 1 amide bonds. The van der Waals surface area contributed by atoms with Crippen LogP contribution in [-0.4, -0.2) is 11.8 Å². The minimum atomic E-state index is -0.0876. The number of benzene rings is 1. The standard InChI is InChI=1S/C11H14ClNO/c1-8-5-3-4-6-10(8)11(7-12)13-9(2)14/h3-6,11H,7H2,1-2H3,(H,13,14). The monoisotopic (exact) mass is 211 g/mol. The summed E-state index contributed by atoms with van der Waals surface area (Å²) in [5.41, 5.74) is 2.23. The molecule has 1 rings (SSSR count). The largest absolute Gasteiger partial charge is 0.348 e. The number of hydrogen-bond acceptors (Lipinski definition) is 1. The molecule has 0 aliphatic heterocycles. The van der Waals surface area contributed by atoms with Crippen LogP contribution in [0.25, 0.3) is 0 Å². The summed E-state index contributed by atoms with van der Waals surface area (Å²) in [6, 6.07) is 7.83. The number of carbonyl (C=O) groups excluding carboxylic acids is 1. The van der Waals surface area contributed by atoms with E-state index in [0.717, 1.165) is 11.1 Å². The summed E-state index contributed by atoms with van der Waals surface area (Å²) in [6.07, 6.45) is 0. The third-order valence-corrected chi connectivity index (χ3v) is 2.40. The summed E-state index contributed by atoms with van der Waals surface area (Å²) in [7, 11) is 0. The third-order valence-electron chi connectivity index (χ3n) is 2.10. The maximum absolute atomic E-state index is 10.9. The molecule has 0 radical (unpaired) electrons. The van der Waals surface area contributed by atoms with Gasteiger partial charge in [-0.05, 0) is 18.1 Å². The molecule has 0 aliphatic rings. The lowest BCUT2D eigenvalue weighted by Gasteiger charge is -2.17. The van der Waals surface area contributed by atoms with Crippen molar-refractivity contribution < 1.29 is 4.79 Å². The Balaban J connectivity index is 2.89. The lowest BCUT2D eigenvalue weighted by molar-refractivity contribution is -0.119. The van der Waals surface area contributed by atoms with Gasteiger partial charge in [0.1, 0.15) is 0 Å². The molecule has 14 heavy (non-hydrogen) atoms. The lowest BCUT2D eigenvalue weighted by Crippen LogP contribution is -2.27. The summed E-state index contributed by atoms with van der Waals surface area (Å²) in [4.78, 5) is 10.9. The average molecular weight is 212 g/mol. The number of aryl methyl sites for hydroxylation is 1. The zero-order chi connectivity index (χ0) is 10.6. The summed E-state index contributed by atoms with van der Waals surface area (Å²) >= 11 is 5.80. The van der Waals surface area contributed by atoms with Gasteiger partial charge in [-0.2, -0.15) is 0 Å². The molecule has 1 aromatic rings. The second kappa shape index (κ2) is 5.01. The fourth-order valence-electron chi connectivity index (χ4n) is 1.42. The molecule has 0 fully saturated rings. The highest BCUT2D eigenvalue weighted by molar-refractivity contribution is 6.18. The summed E-state index contributed by atoms with van der Waals surface area (Å²) in [5.74, 6) is 0.337. The quantitative estimate of drug-likeness (QED) is 0.765. The minimum Gasteiger partial charge on any atom is -0.348 e. The first-order valence-corrected chi connectivity index (χ1v) is 5.07. The summed E-state index contributed by atoms with van der Waals surface area (Å²) < 4.78 is 0. The van der Waals surface area contributed by atoms with Crippen molar-refractivity contribution >= 4 is 17.5 Å². The van der Waals surface area contributed by atoms with Crippen molar-refractivity contribution in [3.8, 4) is 0 Å². The number of rotatable bonds is 3. The molecule has 0 saturated heterocycles. The number of amides is 1. The molecule has 3 heteroatoms. The second-order valence-electron chi connectivity index (χ2n) is 3.26. The Hall–Kier alpha value is -1.02. The first kappa shape index (κ1) is 11.1. The van der Waals surface area contributed by atoms with E-state index >= 15 is 0 Å². The lowest BCUT2D eigenvalue weighted by atomic mass is 10.0. The Morgan fingerprint density at radius 1 is 1.50 bits per heavy atom. The number of alkyl halides is 1. The van der Waals surface area contributed by atoms with E-state index in [2.05, 4.69) is 5.32 Å². The molecule has 0 aliphatic carbocycles. The fourth-order valence-corrected chi connectivity index (χ4v) is 1.67. The SMILES string of the molecule is CC(=O)NC(CCl)c1ccccc1C. The van der Waals surface area contributed by atoms with Gasteiger partial charge in [0.15, 0.2) is 0 Å². The maximum Gasteiger partial charge on any atom is 0.217 e. The molecule has 0 bridgehead atoms. The van der Waals surface area contributed by atoms with Crippen molar-refractivity contribution in [2.45, 2.75) is 19.9 Å². The van der Waals surface area contributed by atoms with E-state index in [1.807, 2.05) is 31.2 Å². The van der Waals surface area contributed by atoms with Gasteiger partial charge in [-0.1, -0.05) is 24.3 Å². The topological polar surface area (TPSA) is 29.1 Å². The third kappa shape index (κ3) is 2.74. The minimum absolute atomic E-state index is 0.0566. The molecule has 2 nitrogen and oxygen atoms in total. The zero-order valence-corrected chi connectivity index (χ0v) is 9.14. The Bertz CT molecular complexity index is 325. The smallest absolute Gasteiger partial charge is 0.217 e. The molecule has 0 heterocycles. The van der Waals surface area contributed by atoms with E-state index in [-0.39, 0.29) is 11.9 Å². The fraction of sp³-hybridized carbons (Fsp3) is 0.364. The van der Waals surface area contributed by atoms with Gasteiger partial charge < -0.3 is 5.32 Å². The molecule has 76 valence electrons. The van der Waals surface area contributed by atoms with Crippen LogP contribution < -0.4 is 5.32 Å². The summed E-state index contributed by atoms with van der Waals surface area (Å²) in [6.45, 7) is 3.51. The Morgan fingerprint density at radius 3 is 2.64 bits per heavy atom. The molecule has 1 unspecified atom stereocenters. The van der Waals surface area contributed by atoms with Crippen molar-refractivity contribution in [2.24, 2.45) is 0 Å². The molecule has 1 atom stereocenters. The zero-order valence-electron chi connectivity index (χ0n) is 8.38. The van der Waals surface area contributed by atoms with Gasteiger partial charge in [-0.25, -0.2) is 0 Å². The van der Waals surface area contributed by atoms with Crippen LogP contribution in [-0.2, 0) is 4.79 Å². The van der Waals surface area contributed by atoms with Crippen molar-refractivity contribution in [1.82, 2.24) is 5.32 Å². The normalized spacial score (nSPS) is 12.2. The second-order valence-corrected chi connectivity index (χ2v) is 3.57. The molecule has 1 N–H and O–H groups in total.